The van der Waals surface area contributed by atoms with Gasteiger partial charge in [-0.1, -0.05) is 23.4 Å². The van der Waals surface area contributed by atoms with Crippen LogP contribution in [0.5, 0.6) is 5.75 Å². The number of anilines is 2. The molecule has 1 aromatic heterocycles. The van der Waals surface area contributed by atoms with Crippen molar-refractivity contribution in [1.82, 2.24) is 10.5 Å². The van der Waals surface area contributed by atoms with Crippen LogP contribution in [0.1, 0.15) is 11.3 Å². The molecule has 31 heavy (non-hydrogen) atoms. The highest BCUT2D eigenvalue weighted by atomic mass is 32.2. The minimum absolute atomic E-state index is 0.0280. The van der Waals surface area contributed by atoms with E-state index in [2.05, 4.69) is 20.5 Å². The van der Waals surface area contributed by atoms with Crippen molar-refractivity contribution in [3.8, 4) is 5.75 Å². The first kappa shape index (κ1) is 22.2. The lowest BCUT2D eigenvalue weighted by atomic mass is 10.2. The van der Waals surface area contributed by atoms with Crippen LogP contribution in [0, 0.1) is 13.8 Å². The number of ether oxygens (including phenoxy) is 1. The Kier molecular flexibility index (Phi) is 6.88. The molecule has 1 heterocycles. The van der Waals surface area contributed by atoms with Gasteiger partial charge >= 0.3 is 0 Å². The molecule has 2 aromatic carbocycles. The van der Waals surface area contributed by atoms with Crippen molar-refractivity contribution in [3.05, 3.63) is 65.9 Å². The van der Waals surface area contributed by atoms with E-state index in [1.165, 1.54) is 30.3 Å². The Balaban J connectivity index is 1.52. The summed E-state index contributed by atoms with van der Waals surface area (Å²) in [4.78, 5) is 12.1. The molecule has 162 valence electrons. The van der Waals surface area contributed by atoms with E-state index < -0.39 is 15.9 Å². The molecule has 9 nitrogen and oxygen atoms in total. The fourth-order valence-electron chi connectivity index (χ4n) is 2.52. The zero-order chi connectivity index (χ0) is 22.4. The maximum absolute atomic E-state index is 12.4. The largest absolute Gasteiger partial charge is 0.483 e. The van der Waals surface area contributed by atoms with Crippen LogP contribution in [0.2, 0.25) is 0 Å². The number of carbonyl (C=O) groups excluding carboxylic acids is 1. The number of benzene rings is 2. The molecule has 0 fully saturated rings. The lowest BCUT2D eigenvalue weighted by Gasteiger charge is -2.12. The third kappa shape index (κ3) is 6.27. The first-order valence-electron chi connectivity index (χ1n) is 9.08. The normalized spacial score (nSPS) is 10.9. The first-order chi connectivity index (χ1) is 14.7. The molecule has 0 radical (unpaired) electrons. The number of thiocarbonyl (C=S) groups is 1. The van der Waals surface area contributed by atoms with Gasteiger partial charge in [-0.15, -0.1) is 0 Å². The predicted molar refractivity (Wildman–Crippen MR) is 120 cm³/mol. The summed E-state index contributed by atoms with van der Waals surface area (Å²) in [6.45, 7) is 3.34. The molecule has 0 saturated heterocycles. The molecule has 3 N–H and O–H groups in total. The van der Waals surface area contributed by atoms with E-state index in [1.54, 1.807) is 13.0 Å². The summed E-state index contributed by atoms with van der Waals surface area (Å²) < 4.78 is 37.4. The van der Waals surface area contributed by atoms with Crippen LogP contribution in [-0.2, 0) is 14.8 Å². The van der Waals surface area contributed by atoms with Crippen molar-refractivity contribution in [3.63, 3.8) is 0 Å². The lowest BCUT2D eigenvalue weighted by molar-refractivity contribution is -0.121. The number of sulfonamides is 1. The standard InChI is InChI=1S/C20H20N4O5S2/c1-13-5-3-4-6-17(13)28-12-19(25)22-20(30)21-15-7-9-16(10-8-15)31(26,27)24-18-11-14(2)29-23-18/h3-11H,12H2,1-2H3,(H,23,24)(H2,21,22,25,30). The smallest absolute Gasteiger partial charge is 0.264 e. The number of rotatable bonds is 7. The average Bonchev–Trinajstić information content (AvgIpc) is 3.11. The van der Waals surface area contributed by atoms with Crippen molar-refractivity contribution < 1.29 is 22.5 Å². The number of amides is 1. The van der Waals surface area contributed by atoms with Crippen LogP contribution < -0.4 is 20.1 Å². The number of hydrogen-bond donors (Lipinski definition) is 3. The van der Waals surface area contributed by atoms with Crippen LogP contribution >= 0.6 is 12.2 Å². The van der Waals surface area contributed by atoms with Gasteiger partial charge in [0.25, 0.3) is 15.9 Å². The summed E-state index contributed by atoms with van der Waals surface area (Å²) in [5.74, 6) is 0.767. The van der Waals surface area contributed by atoms with Gasteiger partial charge in [-0.05, 0) is 62.0 Å². The van der Waals surface area contributed by atoms with E-state index in [4.69, 9.17) is 21.5 Å². The Morgan fingerprint density at radius 3 is 2.48 bits per heavy atom. The van der Waals surface area contributed by atoms with Gasteiger partial charge in [0.15, 0.2) is 17.5 Å². The number of nitrogens with one attached hydrogen (secondary N) is 3. The number of nitrogens with zero attached hydrogens (tertiary/aromatic N) is 1. The summed E-state index contributed by atoms with van der Waals surface area (Å²) in [6, 6.07) is 14.6. The number of aromatic nitrogens is 1. The molecular formula is C20H20N4O5S2. The van der Waals surface area contributed by atoms with E-state index in [1.807, 2.05) is 25.1 Å². The molecule has 0 saturated carbocycles. The number of hydrogen-bond acceptors (Lipinski definition) is 7. The Morgan fingerprint density at radius 2 is 1.84 bits per heavy atom. The van der Waals surface area contributed by atoms with Gasteiger partial charge in [-0.2, -0.15) is 0 Å². The molecule has 0 aliphatic heterocycles. The Bertz CT molecular complexity index is 1190. The van der Waals surface area contributed by atoms with Crippen LogP contribution in [0.15, 0.2) is 64.0 Å². The zero-order valence-corrected chi connectivity index (χ0v) is 18.3. The highest BCUT2D eigenvalue weighted by molar-refractivity contribution is 7.92. The monoisotopic (exact) mass is 460 g/mol. The van der Waals surface area contributed by atoms with Crippen LogP contribution in [0.4, 0.5) is 11.5 Å². The fraction of sp³-hybridized carbons (Fsp3) is 0.150. The molecule has 0 aliphatic carbocycles. The topological polar surface area (TPSA) is 123 Å². The maximum atomic E-state index is 12.4. The highest BCUT2D eigenvalue weighted by Crippen LogP contribution is 2.18. The van der Waals surface area contributed by atoms with Gasteiger partial charge in [0.2, 0.25) is 0 Å². The second-order valence-corrected chi connectivity index (χ2v) is 8.60. The number of aryl methyl sites for hydroxylation is 2. The van der Waals surface area contributed by atoms with Crippen molar-refractivity contribution in [1.29, 1.82) is 0 Å². The molecule has 11 heteroatoms. The van der Waals surface area contributed by atoms with Crippen molar-refractivity contribution in [2.45, 2.75) is 18.7 Å². The molecule has 0 aliphatic rings. The summed E-state index contributed by atoms with van der Waals surface area (Å²) >= 11 is 5.12. The number of carbonyl (C=O) groups is 1. The highest BCUT2D eigenvalue weighted by Gasteiger charge is 2.16. The van der Waals surface area contributed by atoms with Crippen molar-refractivity contribution in [2.24, 2.45) is 0 Å². The zero-order valence-electron chi connectivity index (χ0n) is 16.7. The van der Waals surface area contributed by atoms with E-state index in [-0.39, 0.29) is 22.4 Å². The van der Waals surface area contributed by atoms with Crippen LogP contribution in [0.25, 0.3) is 0 Å². The third-order valence-electron chi connectivity index (χ3n) is 3.99. The van der Waals surface area contributed by atoms with Crippen molar-refractivity contribution in [2.75, 3.05) is 16.6 Å². The number of para-hydroxylation sites is 1. The molecule has 0 atom stereocenters. The van der Waals surface area contributed by atoms with E-state index >= 15 is 0 Å². The van der Waals surface area contributed by atoms with Gasteiger partial charge in [-0.3, -0.25) is 14.8 Å². The van der Waals surface area contributed by atoms with Crippen LogP contribution in [-0.4, -0.2) is 31.2 Å². The van der Waals surface area contributed by atoms with Gasteiger partial charge in [-0.25, -0.2) is 8.42 Å². The molecule has 3 aromatic rings. The molecule has 0 unspecified atom stereocenters. The van der Waals surface area contributed by atoms with E-state index in [0.717, 1.165) is 5.56 Å². The predicted octanol–water partition coefficient (Wildman–Crippen LogP) is 2.98. The van der Waals surface area contributed by atoms with Gasteiger partial charge in [0, 0.05) is 11.8 Å². The fourth-order valence-corrected chi connectivity index (χ4v) is 3.73. The first-order valence-corrected chi connectivity index (χ1v) is 11.0. The minimum Gasteiger partial charge on any atom is -0.483 e. The van der Waals surface area contributed by atoms with Gasteiger partial charge in [0.05, 0.1) is 4.90 Å². The molecular weight excluding hydrogens is 440 g/mol. The second-order valence-electron chi connectivity index (χ2n) is 6.51. The molecule has 0 bridgehead atoms. The van der Waals surface area contributed by atoms with Crippen LogP contribution in [0.3, 0.4) is 0 Å². The lowest BCUT2D eigenvalue weighted by Crippen LogP contribution is -2.37. The molecule has 1 amide bonds. The Morgan fingerprint density at radius 1 is 1.13 bits per heavy atom. The van der Waals surface area contributed by atoms with Crippen molar-refractivity contribution >= 4 is 44.8 Å². The SMILES string of the molecule is Cc1cc(NS(=O)(=O)c2ccc(NC(=S)NC(=O)COc3ccccc3C)cc2)no1. The van der Waals surface area contributed by atoms with E-state index in [9.17, 15) is 13.2 Å². The average molecular weight is 461 g/mol. The summed E-state index contributed by atoms with van der Waals surface area (Å²) in [7, 11) is -3.82. The Hall–Kier alpha value is -3.44. The molecule has 3 rings (SSSR count). The Labute approximate surface area is 184 Å². The molecule has 0 spiro atoms. The van der Waals surface area contributed by atoms with Gasteiger partial charge in [0.1, 0.15) is 11.5 Å². The second kappa shape index (κ2) is 9.58. The summed E-state index contributed by atoms with van der Waals surface area (Å²) in [6.07, 6.45) is 0. The van der Waals surface area contributed by atoms with Gasteiger partial charge < -0.3 is 14.6 Å². The third-order valence-corrected chi connectivity index (χ3v) is 5.57. The quantitative estimate of drug-likeness (QED) is 0.460. The minimum atomic E-state index is -3.82. The summed E-state index contributed by atoms with van der Waals surface area (Å²) in [5, 5.41) is 8.99. The van der Waals surface area contributed by atoms with E-state index in [0.29, 0.717) is 17.2 Å². The maximum Gasteiger partial charge on any atom is 0.264 e. The summed E-state index contributed by atoms with van der Waals surface area (Å²) in [5.41, 5.74) is 1.42.